The van der Waals surface area contributed by atoms with Gasteiger partial charge in [0.15, 0.2) is 18.7 Å². The fraction of sp³-hybridized carbons (Fsp3) is 0.543. The summed E-state index contributed by atoms with van der Waals surface area (Å²) in [5, 5.41) is 33.2. The number of nitrogens with one attached hydrogen (secondary N) is 4. The Kier molecular flexibility index (Phi) is 17.8. The molecule has 3 saturated heterocycles. The molecule has 350 valence electrons. The molecule has 3 aliphatic heterocycles. The van der Waals surface area contributed by atoms with E-state index in [4.69, 9.17) is 28.4 Å². The van der Waals surface area contributed by atoms with E-state index in [1.165, 1.54) is 12.5 Å². The maximum atomic E-state index is 13.5. The van der Waals surface area contributed by atoms with Crippen molar-refractivity contribution in [3.63, 3.8) is 0 Å². The quantitative estimate of drug-likeness (QED) is 0.0713. The number of aryl methyl sites for hydroxylation is 1. The van der Waals surface area contributed by atoms with Crippen LogP contribution in [0.2, 0.25) is 0 Å². The number of carbonyl (C=O) groups excluding carboxylic acids is 3. The molecule has 0 radical (unpaired) electrons. The minimum atomic E-state index is -4.66. The van der Waals surface area contributed by atoms with Gasteiger partial charge in [0.05, 0.1) is 37.5 Å². The number of urea groups is 1. The number of unbranched alkanes of at least 4 members (excludes halogenated alkanes) is 7. The summed E-state index contributed by atoms with van der Waals surface area (Å²) in [5.41, 5.74) is 0.842. The van der Waals surface area contributed by atoms with E-state index in [-0.39, 0.29) is 31.2 Å². The normalized spacial score (nSPS) is 26.9. The van der Waals surface area contributed by atoms with Crippen LogP contribution in [0, 0.1) is 6.92 Å². The lowest BCUT2D eigenvalue weighted by Gasteiger charge is -2.49. The Morgan fingerprint density at radius 2 is 1.50 bits per heavy atom. The van der Waals surface area contributed by atoms with E-state index < -0.39 is 91.8 Å². The van der Waals surface area contributed by atoms with Gasteiger partial charge in [-0.1, -0.05) is 100 Å². The first-order valence-corrected chi connectivity index (χ1v) is 21.9. The van der Waals surface area contributed by atoms with Gasteiger partial charge in [-0.05, 0) is 49.2 Å². The molecule has 64 heavy (non-hydrogen) atoms. The minimum Gasteiger partial charge on any atom is -0.440 e. The average Bonchev–Trinajstić information content (AvgIpc) is 3.27. The number of carbonyl (C=O) groups is 3. The van der Waals surface area contributed by atoms with Gasteiger partial charge >= 0.3 is 18.3 Å². The number of anilines is 2. The molecule has 0 spiro atoms. The van der Waals surface area contributed by atoms with E-state index in [1.807, 2.05) is 19.1 Å². The second-order valence-corrected chi connectivity index (χ2v) is 16.3. The van der Waals surface area contributed by atoms with Gasteiger partial charge in [-0.25, -0.2) is 9.59 Å². The van der Waals surface area contributed by atoms with E-state index in [0.717, 1.165) is 62.3 Å². The van der Waals surface area contributed by atoms with Crippen LogP contribution < -0.4 is 21.3 Å². The predicted octanol–water partition coefficient (Wildman–Crippen LogP) is 7.11. The van der Waals surface area contributed by atoms with E-state index in [0.29, 0.717) is 17.7 Å². The van der Waals surface area contributed by atoms with Crippen molar-refractivity contribution in [3.05, 3.63) is 95.6 Å². The Bertz CT molecular complexity index is 1960. The van der Waals surface area contributed by atoms with Crippen molar-refractivity contribution in [3.8, 4) is 0 Å². The van der Waals surface area contributed by atoms with Crippen LogP contribution in [0.5, 0.6) is 0 Å². The van der Waals surface area contributed by atoms with Gasteiger partial charge in [-0.2, -0.15) is 13.2 Å². The maximum Gasteiger partial charge on any atom is 0.416 e. The molecule has 6 N–H and O–H groups in total. The largest absolute Gasteiger partial charge is 0.440 e. The number of aliphatic hydroxyl groups is 2. The van der Waals surface area contributed by atoms with E-state index in [9.17, 15) is 37.8 Å². The standard InChI is InChI=1S/C46H59F3N4O11/c1-3-4-5-6-7-8-9-13-22-36(55)53-37-34(25-54)59-26-33(52-44(57)50-32-21-15-19-30(24-32)46(47,48)49)39(37)62-43-38(56)41(64-45(58)51-31-20-14-16-28(2)23-31)40-35(61-43)27-60-42(63-40)29-17-11-10-12-18-29/h10-12,14-21,23-24,33-35,37-43,54,56H,3-9,13,22,25-27H2,1-2H3,(H,51,58)(H,53,55)(H2,50,52,57)/t33?,34?,35?,37-,38?,39+,40-,41+,42?,43-/m0/s1. The number of halogens is 3. The molecule has 3 fully saturated rings. The number of rotatable bonds is 18. The molecule has 10 atom stereocenters. The number of hydrogen-bond acceptors (Lipinski definition) is 11. The average molecular weight is 901 g/mol. The number of fused-ring (bicyclic) bond motifs is 1. The number of benzene rings is 3. The van der Waals surface area contributed by atoms with Crippen LogP contribution in [0.15, 0.2) is 78.9 Å². The van der Waals surface area contributed by atoms with Crippen LogP contribution in [0.4, 0.5) is 34.1 Å². The smallest absolute Gasteiger partial charge is 0.416 e. The third kappa shape index (κ3) is 13.6. The molecule has 3 heterocycles. The maximum absolute atomic E-state index is 13.5. The Balaban J connectivity index is 1.24. The molecule has 3 aromatic carbocycles. The molecule has 18 heteroatoms. The fourth-order valence-corrected chi connectivity index (χ4v) is 8.06. The van der Waals surface area contributed by atoms with Crippen molar-refractivity contribution in [2.75, 3.05) is 30.5 Å². The number of amides is 4. The van der Waals surface area contributed by atoms with Gasteiger partial charge < -0.3 is 54.6 Å². The van der Waals surface area contributed by atoms with Gasteiger partial charge in [0.25, 0.3) is 0 Å². The number of alkyl halides is 3. The first kappa shape index (κ1) is 48.6. The van der Waals surface area contributed by atoms with Crippen LogP contribution in [0.1, 0.15) is 87.7 Å². The zero-order valence-corrected chi connectivity index (χ0v) is 36.0. The SMILES string of the molecule is CCCCCCCCCCC(=O)N[C@H]1C(CO)OCC(NC(=O)Nc2cccc(C(F)(F)F)c2)[C@H]1O[C@@H]1OC2COC(c3ccccc3)O[C@@H]2[C@H](OC(=O)Nc2cccc(C)c2)C1O. The zero-order chi connectivity index (χ0) is 45.6. The highest BCUT2D eigenvalue weighted by molar-refractivity contribution is 5.89. The van der Waals surface area contributed by atoms with E-state index in [1.54, 1.807) is 42.5 Å². The summed E-state index contributed by atoms with van der Waals surface area (Å²) in [6.07, 6.45) is -7.52. The summed E-state index contributed by atoms with van der Waals surface area (Å²) in [5.74, 6) is -0.388. The molecule has 0 saturated carbocycles. The summed E-state index contributed by atoms with van der Waals surface area (Å²) in [4.78, 5) is 40.5. The molecule has 0 aliphatic carbocycles. The Morgan fingerprint density at radius 1 is 0.797 bits per heavy atom. The van der Waals surface area contributed by atoms with E-state index in [2.05, 4.69) is 28.2 Å². The summed E-state index contributed by atoms with van der Waals surface area (Å²) in [6.45, 7) is 3.03. The molecule has 4 amide bonds. The lowest BCUT2D eigenvalue weighted by molar-refractivity contribution is -0.369. The van der Waals surface area contributed by atoms with Gasteiger partial charge in [0, 0.05) is 23.4 Å². The second-order valence-electron chi connectivity index (χ2n) is 16.3. The van der Waals surface area contributed by atoms with Crippen molar-refractivity contribution in [1.82, 2.24) is 10.6 Å². The first-order chi connectivity index (χ1) is 30.8. The number of hydrogen-bond donors (Lipinski definition) is 6. The van der Waals surface area contributed by atoms with Gasteiger partial charge in [0.2, 0.25) is 5.91 Å². The summed E-state index contributed by atoms with van der Waals surface area (Å²) >= 11 is 0. The van der Waals surface area contributed by atoms with Gasteiger partial charge in [-0.3, -0.25) is 10.1 Å². The van der Waals surface area contributed by atoms with Crippen molar-refractivity contribution < 1.29 is 66.2 Å². The van der Waals surface area contributed by atoms with Crippen LogP contribution in [-0.4, -0.2) is 103 Å². The molecule has 6 rings (SSSR count). The van der Waals surface area contributed by atoms with Crippen LogP contribution in [-0.2, 0) is 39.4 Å². The predicted molar refractivity (Wildman–Crippen MR) is 228 cm³/mol. The van der Waals surface area contributed by atoms with E-state index >= 15 is 0 Å². The first-order valence-electron chi connectivity index (χ1n) is 21.9. The third-order valence-electron chi connectivity index (χ3n) is 11.3. The summed E-state index contributed by atoms with van der Waals surface area (Å²) in [7, 11) is 0. The van der Waals surface area contributed by atoms with Crippen molar-refractivity contribution in [2.45, 2.75) is 139 Å². The molecule has 15 nitrogen and oxygen atoms in total. The van der Waals surface area contributed by atoms with Crippen molar-refractivity contribution in [1.29, 1.82) is 0 Å². The highest BCUT2D eigenvalue weighted by Crippen LogP contribution is 2.37. The lowest BCUT2D eigenvalue weighted by atomic mass is 9.93. The minimum absolute atomic E-state index is 0.0942. The Hall–Kier alpha value is -4.82. The van der Waals surface area contributed by atoms with Crippen molar-refractivity contribution in [2.24, 2.45) is 0 Å². The summed E-state index contributed by atoms with van der Waals surface area (Å²) < 4.78 is 77.4. The topological polar surface area (TPSA) is 195 Å². The molecule has 0 bridgehead atoms. The van der Waals surface area contributed by atoms with Crippen LogP contribution >= 0.6 is 0 Å². The highest BCUT2D eigenvalue weighted by atomic mass is 19.4. The Morgan fingerprint density at radius 3 is 2.20 bits per heavy atom. The number of aliphatic hydroxyl groups excluding tert-OH is 2. The molecule has 3 aliphatic rings. The third-order valence-corrected chi connectivity index (χ3v) is 11.3. The molecule has 3 aromatic rings. The van der Waals surface area contributed by atoms with Crippen molar-refractivity contribution >= 4 is 29.4 Å². The van der Waals surface area contributed by atoms with Gasteiger partial charge in [-0.15, -0.1) is 0 Å². The second kappa shape index (κ2) is 23.4. The summed E-state index contributed by atoms with van der Waals surface area (Å²) in [6, 6.07) is 16.8. The lowest BCUT2D eigenvalue weighted by Crippen LogP contribution is -2.69. The molecular weight excluding hydrogens is 842 g/mol. The molecular formula is C46H59F3N4O11. The highest BCUT2D eigenvalue weighted by Gasteiger charge is 2.54. The molecule has 5 unspecified atom stereocenters. The Labute approximate surface area is 370 Å². The monoisotopic (exact) mass is 900 g/mol. The van der Waals surface area contributed by atoms with Crippen LogP contribution in [0.25, 0.3) is 0 Å². The molecule has 0 aromatic heterocycles. The van der Waals surface area contributed by atoms with Crippen LogP contribution in [0.3, 0.4) is 0 Å². The van der Waals surface area contributed by atoms with Gasteiger partial charge in [0.1, 0.15) is 30.5 Å². The fourth-order valence-electron chi connectivity index (χ4n) is 8.06. The number of ether oxygens (including phenoxy) is 6. The zero-order valence-electron chi connectivity index (χ0n) is 36.0.